The lowest BCUT2D eigenvalue weighted by molar-refractivity contribution is -0.154. The van der Waals surface area contributed by atoms with Gasteiger partial charge in [-0.1, -0.05) is 36.4 Å². The first kappa shape index (κ1) is 23.9. The number of rotatable bonds is 7. The number of carbonyl (C=O) groups is 2. The van der Waals surface area contributed by atoms with Crippen molar-refractivity contribution in [3.05, 3.63) is 65.2 Å². The van der Waals surface area contributed by atoms with Gasteiger partial charge in [-0.25, -0.2) is 8.42 Å². The highest BCUT2D eigenvalue weighted by Gasteiger charge is 2.44. The molecule has 3 rings (SSSR count). The number of aliphatic hydroxyl groups is 1. The Morgan fingerprint density at radius 1 is 1.12 bits per heavy atom. The number of benzene rings is 2. The van der Waals surface area contributed by atoms with Crippen LogP contribution < -0.4 is 0 Å². The molecule has 0 aromatic heterocycles. The average Bonchev–Trinajstić information content (AvgIpc) is 3.17. The maximum atomic E-state index is 13.1. The largest absolute Gasteiger partial charge is 0.454 e. The fourth-order valence-corrected chi connectivity index (χ4v) is 5.27. The molecule has 1 fully saturated rings. The van der Waals surface area contributed by atoms with Crippen LogP contribution in [0.15, 0.2) is 53.4 Å². The van der Waals surface area contributed by atoms with Crippen LogP contribution in [0.5, 0.6) is 0 Å². The number of sulfonamides is 1. The molecule has 1 aliphatic rings. The zero-order valence-electron chi connectivity index (χ0n) is 18.4. The Balaban J connectivity index is 1.67. The predicted molar refractivity (Wildman–Crippen MR) is 118 cm³/mol. The maximum absolute atomic E-state index is 13.1. The molecule has 1 amide bonds. The standard InChI is InChI=1S/C23H28N2O6S/c1-16-9-10-20(11-17(16)2)32(29,30)25-14-19(26)12-21(25)23(28)31-15-22(27)24(3)13-18-7-5-4-6-8-18/h4-11,19,21,26H,12-15H2,1-3H3. The highest BCUT2D eigenvalue weighted by molar-refractivity contribution is 7.89. The van der Waals surface area contributed by atoms with E-state index in [9.17, 15) is 23.1 Å². The van der Waals surface area contributed by atoms with E-state index in [1.165, 1.54) is 11.0 Å². The van der Waals surface area contributed by atoms with Crippen LogP contribution >= 0.6 is 0 Å². The van der Waals surface area contributed by atoms with Crippen LogP contribution in [0, 0.1) is 13.8 Å². The minimum Gasteiger partial charge on any atom is -0.454 e. The predicted octanol–water partition coefficient (Wildman–Crippen LogP) is 1.63. The Morgan fingerprint density at radius 2 is 1.81 bits per heavy atom. The summed E-state index contributed by atoms with van der Waals surface area (Å²) in [6.07, 6.45) is -1.08. The first-order valence-corrected chi connectivity index (χ1v) is 11.8. The lowest BCUT2D eigenvalue weighted by atomic mass is 10.1. The summed E-state index contributed by atoms with van der Waals surface area (Å²) in [5.41, 5.74) is 2.68. The van der Waals surface area contributed by atoms with Crippen molar-refractivity contribution in [1.82, 2.24) is 9.21 Å². The number of carbonyl (C=O) groups excluding carboxylic acids is 2. The highest BCUT2D eigenvalue weighted by Crippen LogP contribution is 2.28. The number of amides is 1. The van der Waals surface area contributed by atoms with Gasteiger partial charge in [0.05, 0.1) is 11.0 Å². The molecule has 2 aromatic carbocycles. The number of aliphatic hydroxyl groups excluding tert-OH is 1. The molecule has 1 N–H and O–H groups in total. The van der Waals surface area contributed by atoms with Gasteiger partial charge in [-0.05, 0) is 42.7 Å². The van der Waals surface area contributed by atoms with E-state index in [-0.39, 0.29) is 17.9 Å². The number of hydrogen-bond donors (Lipinski definition) is 1. The molecule has 2 unspecified atom stereocenters. The molecule has 1 aliphatic heterocycles. The van der Waals surface area contributed by atoms with Gasteiger partial charge in [0.1, 0.15) is 6.04 Å². The first-order valence-electron chi connectivity index (χ1n) is 10.3. The van der Waals surface area contributed by atoms with Crippen LogP contribution in [0.25, 0.3) is 0 Å². The molecule has 1 saturated heterocycles. The summed E-state index contributed by atoms with van der Waals surface area (Å²) in [7, 11) is -2.43. The number of likely N-dealkylation sites (N-methyl/N-ethyl adjacent to an activating group) is 1. The second kappa shape index (κ2) is 9.81. The SMILES string of the molecule is Cc1ccc(S(=O)(=O)N2CC(O)CC2C(=O)OCC(=O)N(C)Cc2ccccc2)cc1C. The minimum absolute atomic E-state index is 0.0474. The second-order valence-electron chi connectivity index (χ2n) is 8.07. The van der Waals surface area contributed by atoms with Gasteiger partial charge in [0, 0.05) is 26.6 Å². The van der Waals surface area contributed by atoms with Crippen LogP contribution in [0.4, 0.5) is 0 Å². The molecule has 0 spiro atoms. The lowest BCUT2D eigenvalue weighted by Gasteiger charge is -2.23. The Bertz CT molecular complexity index is 1090. The summed E-state index contributed by atoms with van der Waals surface area (Å²) in [5, 5.41) is 10.1. The number of β-amino-alcohol motifs (C(OH)–C–C–N with tert-alkyl or cyclic N) is 1. The first-order chi connectivity index (χ1) is 15.1. The number of nitrogens with zero attached hydrogens (tertiary/aromatic N) is 2. The van der Waals surface area contributed by atoms with Crippen molar-refractivity contribution < 1.29 is 27.9 Å². The molecule has 8 nitrogen and oxygen atoms in total. The smallest absolute Gasteiger partial charge is 0.325 e. The molecule has 0 saturated carbocycles. The lowest BCUT2D eigenvalue weighted by Crippen LogP contribution is -2.42. The Morgan fingerprint density at radius 3 is 2.47 bits per heavy atom. The fourth-order valence-electron chi connectivity index (χ4n) is 3.56. The van der Waals surface area contributed by atoms with Gasteiger partial charge in [0.15, 0.2) is 6.61 Å². The molecule has 2 atom stereocenters. The quantitative estimate of drug-likeness (QED) is 0.630. The average molecular weight is 461 g/mol. The summed E-state index contributed by atoms with van der Waals surface area (Å²) in [6, 6.07) is 12.9. The van der Waals surface area contributed by atoms with E-state index in [0.29, 0.717) is 6.54 Å². The number of aryl methyl sites for hydroxylation is 2. The van der Waals surface area contributed by atoms with Crippen molar-refractivity contribution >= 4 is 21.9 Å². The molecule has 0 aliphatic carbocycles. The normalized spacial score (nSPS) is 19.0. The molecule has 172 valence electrons. The van der Waals surface area contributed by atoms with E-state index < -0.39 is 40.7 Å². The fraction of sp³-hybridized carbons (Fsp3) is 0.391. The van der Waals surface area contributed by atoms with Crippen molar-refractivity contribution in [2.75, 3.05) is 20.2 Å². The van der Waals surface area contributed by atoms with Crippen molar-refractivity contribution in [3.8, 4) is 0 Å². The van der Waals surface area contributed by atoms with Crippen molar-refractivity contribution in [3.63, 3.8) is 0 Å². The van der Waals surface area contributed by atoms with Crippen LogP contribution in [-0.4, -0.2) is 67.0 Å². The third-order valence-electron chi connectivity index (χ3n) is 5.62. The Hall–Kier alpha value is -2.75. The van der Waals surface area contributed by atoms with Crippen molar-refractivity contribution in [1.29, 1.82) is 0 Å². The zero-order chi connectivity index (χ0) is 23.5. The summed E-state index contributed by atoms with van der Waals surface area (Å²) in [5.74, 6) is -1.26. The highest BCUT2D eigenvalue weighted by atomic mass is 32.2. The van der Waals surface area contributed by atoms with Gasteiger partial charge in [-0.15, -0.1) is 0 Å². The monoisotopic (exact) mass is 460 g/mol. The number of ether oxygens (including phenoxy) is 1. The summed E-state index contributed by atoms with van der Waals surface area (Å²) >= 11 is 0. The summed E-state index contributed by atoms with van der Waals surface area (Å²) in [6.45, 7) is 3.31. The van der Waals surface area contributed by atoms with E-state index >= 15 is 0 Å². The third-order valence-corrected chi connectivity index (χ3v) is 7.49. The number of hydrogen-bond acceptors (Lipinski definition) is 6. The zero-order valence-corrected chi connectivity index (χ0v) is 19.2. The summed E-state index contributed by atoms with van der Waals surface area (Å²) in [4.78, 5) is 26.5. The third kappa shape index (κ3) is 5.35. The van der Waals surface area contributed by atoms with Gasteiger partial charge < -0.3 is 14.7 Å². The van der Waals surface area contributed by atoms with Gasteiger partial charge in [-0.2, -0.15) is 4.31 Å². The van der Waals surface area contributed by atoms with Crippen LogP contribution in [0.2, 0.25) is 0 Å². The van der Waals surface area contributed by atoms with Gasteiger partial charge in [-0.3, -0.25) is 9.59 Å². The van der Waals surface area contributed by atoms with Gasteiger partial charge in [0.25, 0.3) is 5.91 Å². The van der Waals surface area contributed by atoms with E-state index in [4.69, 9.17) is 4.74 Å². The van der Waals surface area contributed by atoms with E-state index in [1.54, 1.807) is 26.1 Å². The van der Waals surface area contributed by atoms with Crippen LogP contribution in [-0.2, 0) is 30.9 Å². The molecule has 0 bridgehead atoms. The molecular formula is C23H28N2O6S. The topological polar surface area (TPSA) is 104 Å². The van der Waals surface area contributed by atoms with Crippen LogP contribution in [0.1, 0.15) is 23.1 Å². The van der Waals surface area contributed by atoms with Crippen molar-refractivity contribution in [2.45, 2.75) is 43.9 Å². The van der Waals surface area contributed by atoms with E-state index in [0.717, 1.165) is 21.0 Å². The van der Waals surface area contributed by atoms with Gasteiger partial charge in [0.2, 0.25) is 10.0 Å². The minimum atomic E-state index is -4.02. The number of esters is 1. The molecule has 32 heavy (non-hydrogen) atoms. The summed E-state index contributed by atoms with van der Waals surface area (Å²) < 4.78 is 32.4. The molecule has 9 heteroatoms. The molecule has 0 radical (unpaired) electrons. The van der Waals surface area contributed by atoms with Crippen molar-refractivity contribution in [2.24, 2.45) is 0 Å². The van der Waals surface area contributed by atoms with Crippen LogP contribution in [0.3, 0.4) is 0 Å². The Kier molecular flexibility index (Phi) is 7.33. The molecular weight excluding hydrogens is 432 g/mol. The van der Waals surface area contributed by atoms with E-state index in [1.807, 2.05) is 37.3 Å². The molecule has 2 aromatic rings. The Labute approximate surface area is 188 Å². The molecule has 1 heterocycles. The van der Waals surface area contributed by atoms with E-state index in [2.05, 4.69) is 0 Å². The van der Waals surface area contributed by atoms with Gasteiger partial charge >= 0.3 is 5.97 Å². The second-order valence-corrected chi connectivity index (χ2v) is 9.96. The maximum Gasteiger partial charge on any atom is 0.325 e.